The third kappa shape index (κ3) is 2.55. The molecule has 0 saturated carbocycles. The van der Waals surface area contributed by atoms with E-state index in [1.165, 1.54) is 6.07 Å². The molecule has 0 saturated heterocycles. The molecule has 2 nitrogen and oxygen atoms in total. The average Bonchev–Trinajstić information content (AvgIpc) is 2.17. The van der Waals surface area contributed by atoms with Gasteiger partial charge in [0.25, 0.3) is 0 Å². The fourth-order valence-corrected chi connectivity index (χ4v) is 1.00. The molecule has 5 heteroatoms. The predicted molar refractivity (Wildman–Crippen MR) is 48.3 cm³/mol. The quantitative estimate of drug-likeness (QED) is 0.712. The van der Waals surface area contributed by atoms with Crippen molar-refractivity contribution in [2.45, 2.75) is 25.4 Å². The van der Waals surface area contributed by atoms with Crippen LogP contribution in [0, 0.1) is 0 Å². The summed E-state index contributed by atoms with van der Waals surface area (Å²) in [6, 6.07) is 2.14. The minimum absolute atomic E-state index is 0.325. The highest BCUT2D eigenvalue weighted by Crippen LogP contribution is 2.29. The summed E-state index contributed by atoms with van der Waals surface area (Å²) in [6.07, 6.45) is -3.00. The van der Waals surface area contributed by atoms with Crippen LogP contribution in [0.5, 0.6) is 0 Å². The van der Waals surface area contributed by atoms with E-state index in [2.05, 4.69) is 4.98 Å². The first-order valence-electron chi connectivity index (χ1n) is 4.27. The highest BCUT2D eigenvalue weighted by molar-refractivity contribution is 5.65. The van der Waals surface area contributed by atoms with Gasteiger partial charge in [0.1, 0.15) is 6.29 Å². The largest absolute Gasteiger partial charge is 0.417 e. The van der Waals surface area contributed by atoms with Crippen molar-refractivity contribution in [2.24, 2.45) is 0 Å². The Hall–Kier alpha value is -1.39. The van der Waals surface area contributed by atoms with Gasteiger partial charge in [0, 0.05) is 6.20 Å². The number of hydrogen-bond acceptors (Lipinski definition) is 2. The number of rotatable bonds is 2. The molecule has 82 valence electrons. The van der Waals surface area contributed by atoms with Gasteiger partial charge in [-0.25, -0.2) is 0 Å². The van der Waals surface area contributed by atoms with Crippen molar-refractivity contribution in [1.29, 1.82) is 0 Å². The number of halogens is 3. The molecule has 0 atom stereocenters. The summed E-state index contributed by atoms with van der Waals surface area (Å²) < 4.78 is 36.6. The number of nitrogens with zero attached hydrogens (tertiary/aromatic N) is 1. The summed E-state index contributed by atoms with van der Waals surface area (Å²) in [5, 5.41) is 0. The molecule has 1 aromatic heterocycles. The summed E-state index contributed by atoms with van der Waals surface area (Å²) in [6.45, 7) is 3.19. The fourth-order valence-electron chi connectivity index (χ4n) is 1.00. The van der Waals surface area contributed by atoms with E-state index in [0.717, 1.165) is 12.3 Å². The molecule has 0 N–H and O–H groups in total. The van der Waals surface area contributed by atoms with Crippen molar-refractivity contribution >= 4 is 6.29 Å². The zero-order valence-corrected chi connectivity index (χ0v) is 8.30. The lowest BCUT2D eigenvalue weighted by Gasteiger charge is -2.16. The second-order valence-corrected chi connectivity index (χ2v) is 3.77. The molecule has 1 heterocycles. The fraction of sp³-hybridized carbons (Fsp3) is 0.400. The van der Waals surface area contributed by atoms with Gasteiger partial charge in [0.05, 0.1) is 16.7 Å². The summed E-state index contributed by atoms with van der Waals surface area (Å²) in [7, 11) is 0. The van der Waals surface area contributed by atoms with E-state index in [-0.39, 0.29) is 0 Å². The molecule has 0 aromatic carbocycles. The molecule has 1 rings (SSSR count). The first kappa shape index (κ1) is 11.7. The molecule has 0 aliphatic carbocycles. The van der Waals surface area contributed by atoms with Crippen molar-refractivity contribution in [3.8, 4) is 0 Å². The van der Waals surface area contributed by atoms with Gasteiger partial charge < -0.3 is 4.79 Å². The van der Waals surface area contributed by atoms with Crippen molar-refractivity contribution in [3.05, 3.63) is 29.6 Å². The molecule has 0 aliphatic rings. The van der Waals surface area contributed by atoms with Gasteiger partial charge in [-0.05, 0) is 26.0 Å². The second kappa shape index (κ2) is 3.64. The minimum atomic E-state index is -4.39. The van der Waals surface area contributed by atoms with Crippen molar-refractivity contribution in [1.82, 2.24) is 4.98 Å². The molecule has 0 radical (unpaired) electrons. The summed E-state index contributed by atoms with van der Waals surface area (Å²) in [5.41, 5.74) is -1.34. The highest BCUT2D eigenvalue weighted by Gasteiger charge is 2.31. The Labute approximate surface area is 85.1 Å². The van der Waals surface area contributed by atoms with Gasteiger partial charge in [0.2, 0.25) is 0 Å². The van der Waals surface area contributed by atoms with E-state index in [4.69, 9.17) is 0 Å². The lowest BCUT2D eigenvalue weighted by molar-refractivity contribution is -0.137. The number of carbonyl (C=O) groups excluding carboxylic acids is 1. The van der Waals surface area contributed by atoms with Crippen LogP contribution in [0.1, 0.15) is 25.1 Å². The Kier molecular flexibility index (Phi) is 2.83. The number of hydrogen-bond donors (Lipinski definition) is 0. The molecule has 0 bridgehead atoms. The Balaban J connectivity index is 3.06. The van der Waals surface area contributed by atoms with Crippen LogP contribution in [0.4, 0.5) is 13.2 Å². The maximum absolute atomic E-state index is 12.2. The Morgan fingerprint density at radius 1 is 1.27 bits per heavy atom. The third-order valence-electron chi connectivity index (χ3n) is 2.05. The monoisotopic (exact) mass is 217 g/mol. The minimum Gasteiger partial charge on any atom is -0.302 e. The number of aldehydes is 1. The van der Waals surface area contributed by atoms with Crippen molar-refractivity contribution in [2.75, 3.05) is 0 Å². The third-order valence-corrected chi connectivity index (χ3v) is 2.05. The Morgan fingerprint density at radius 2 is 1.87 bits per heavy atom. The summed E-state index contributed by atoms with van der Waals surface area (Å²) in [4.78, 5) is 14.3. The molecule has 0 spiro atoms. The van der Waals surface area contributed by atoms with Gasteiger partial charge in [-0.2, -0.15) is 13.2 Å². The van der Waals surface area contributed by atoms with Crippen LogP contribution in [0.15, 0.2) is 18.3 Å². The van der Waals surface area contributed by atoms with E-state index in [0.29, 0.717) is 12.0 Å². The van der Waals surface area contributed by atoms with Crippen molar-refractivity contribution < 1.29 is 18.0 Å². The maximum Gasteiger partial charge on any atom is 0.417 e. The van der Waals surface area contributed by atoms with Gasteiger partial charge in [0.15, 0.2) is 0 Å². The van der Waals surface area contributed by atoms with Crippen LogP contribution >= 0.6 is 0 Å². The number of aromatic nitrogens is 1. The van der Waals surface area contributed by atoms with Gasteiger partial charge >= 0.3 is 6.18 Å². The van der Waals surface area contributed by atoms with Crippen LogP contribution in [-0.4, -0.2) is 11.3 Å². The van der Waals surface area contributed by atoms with E-state index in [1.54, 1.807) is 13.8 Å². The molecular weight excluding hydrogens is 207 g/mol. The van der Waals surface area contributed by atoms with Crippen LogP contribution < -0.4 is 0 Å². The summed E-state index contributed by atoms with van der Waals surface area (Å²) >= 11 is 0. The number of carbonyl (C=O) groups is 1. The molecule has 0 fully saturated rings. The van der Waals surface area contributed by atoms with Crippen LogP contribution in [0.2, 0.25) is 0 Å². The zero-order valence-electron chi connectivity index (χ0n) is 8.30. The normalized spacial score (nSPS) is 12.6. The highest BCUT2D eigenvalue weighted by atomic mass is 19.4. The van der Waals surface area contributed by atoms with E-state index >= 15 is 0 Å². The molecule has 1 aromatic rings. The smallest absolute Gasteiger partial charge is 0.302 e. The first-order valence-corrected chi connectivity index (χ1v) is 4.27. The average molecular weight is 217 g/mol. The zero-order chi connectivity index (χ0) is 11.7. The first-order chi connectivity index (χ1) is 6.77. The topological polar surface area (TPSA) is 30.0 Å². The van der Waals surface area contributed by atoms with Crippen LogP contribution in [-0.2, 0) is 16.4 Å². The Morgan fingerprint density at radius 3 is 2.20 bits per heavy atom. The van der Waals surface area contributed by atoms with Crippen molar-refractivity contribution in [3.63, 3.8) is 0 Å². The summed E-state index contributed by atoms with van der Waals surface area (Å²) in [5.74, 6) is 0. The maximum atomic E-state index is 12.2. The van der Waals surface area contributed by atoms with E-state index < -0.39 is 17.2 Å². The Bertz CT molecular complexity index is 354. The van der Waals surface area contributed by atoms with Gasteiger partial charge in [-0.1, -0.05) is 0 Å². The second-order valence-electron chi connectivity index (χ2n) is 3.77. The SMILES string of the molecule is CC(C)(C=O)c1ccc(C(F)(F)F)cn1. The molecule has 0 unspecified atom stereocenters. The van der Waals surface area contributed by atoms with Gasteiger partial charge in [-0.3, -0.25) is 4.98 Å². The van der Waals surface area contributed by atoms with E-state index in [9.17, 15) is 18.0 Å². The molecular formula is C10H10F3NO. The van der Waals surface area contributed by atoms with Crippen LogP contribution in [0.25, 0.3) is 0 Å². The molecule has 15 heavy (non-hydrogen) atoms. The predicted octanol–water partition coefficient (Wildman–Crippen LogP) is 2.58. The van der Waals surface area contributed by atoms with Crippen LogP contribution in [0.3, 0.4) is 0 Å². The lowest BCUT2D eigenvalue weighted by Crippen LogP contribution is -2.20. The number of pyridine rings is 1. The van der Waals surface area contributed by atoms with Gasteiger partial charge in [-0.15, -0.1) is 0 Å². The van der Waals surface area contributed by atoms with E-state index in [1.807, 2.05) is 0 Å². The standard InChI is InChI=1S/C10H10F3NO/c1-9(2,6-15)8-4-3-7(5-14-8)10(11,12)13/h3-6H,1-2H3. The molecule has 0 amide bonds. The molecule has 0 aliphatic heterocycles. The number of alkyl halides is 3. The lowest BCUT2D eigenvalue weighted by atomic mass is 9.91.